The van der Waals surface area contributed by atoms with Crippen LogP contribution in [0.25, 0.3) is 0 Å². The minimum absolute atomic E-state index is 0.545. The second-order valence-electron chi connectivity index (χ2n) is 4.36. The second-order valence-corrected chi connectivity index (χ2v) is 4.36. The second kappa shape index (κ2) is 6.20. The maximum absolute atomic E-state index is 5.76. The van der Waals surface area contributed by atoms with Gasteiger partial charge in [-0.3, -0.25) is 0 Å². The molecule has 0 bridgehead atoms. The molecule has 0 amide bonds. The molecule has 0 fully saturated rings. The Morgan fingerprint density at radius 2 is 1.89 bits per heavy atom. The third kappa shape index (κ3) is 3.03. The van der Waals surface area contributed by atoms with Crippen molar-refractivity contribution in [3.05, 3.63) is 53.7 Å². The van der Waals surface area contributed by atoms with Crippen LogP contribution in [0.4, 0.5) is 5.82 Å². The lowest BCUT2D eigenvalue weighted by Gasteiger charge is -2.21. The molecule has 2 rings (SSSR count). The summed E-state index contributed by atoms with van der Waals surface area (Å²) in [6.45, 7) is 1.30. The summed E-state index contributed by atoms with van der Waals surface area (Å²) in [6, 6.07) is 12.0. The number of nitrogens with two attached hydrogens (primary N) is 1. The van der Waals surface area contributed by atoms with Crippen LogP contribution in [0.15, 0.2) is 42.6 Å². The van der Waals surface area contributed by atoms with Gasteiger partial charge in [0.25, 0.3) is 0 Å². The SMILES string of the molecule is COc1cccnc1N(C)Cc1ccccc1CN. The third-order valence-corrected chi connectivity index (χ3v) is 3.08. The molecule has 100 valence electrons. The van der Waals surface area contributed by atoms with Crippen molar-refractivity contribution in [3.63, 3.8) is 0 Å². The van der Waals surface area contributed by atoms with E-state index in [9.17, 15) is 0 Å². The first-order valence-electron chi connectivity index (χ1n) is 6.23. The number of benzene rings is 1. The fourth-order valence-corrected chi connectivity index (χ4v) is 2.07. The normalized spacial score (nSPS) is 10.3. The van der Waals surface area contributed by atoms with Gasteiger partial charge in [0.1, 0.15) is 0 Å². The van der Waals surface area contributed by atoms with Crippen molar-refractivity contribution >= 4 is 5.82 Å². The van der Waals surface area contributed by atoms with Gasteiger partial charge in [0.2, 0.25) is 0 Å². The van der Waals surface area contributed by atoms with Crippen molar-refractivity contribution in [2.24, 2.45) is 5.73 Å². The standard InChI is InChI=1S/C15H19N3O/c1-18(15-14(19-2)8-5-9-17-15)11-13-7-4-3-6-12(13)10-16/h3-9H,10-11,16H2,1-2H3. The van der Waals surface area contributed by atoms with Gasteiger partial charge in [-0.2, -0.15) is 0 Å². The number of nitrogens with zero attached hydrogens (tertiary/aromatic N) is 2. The lowest BCUT2D eigenvalue weighted by atomic mass is 10.1. The number of methoxy groups -OCH3 is 1. The fraction of sp³-hybridized carbons (Fsp3) is 0.267. The highest BCUT2D eigenvalue weighted by molar-refractivity contribution is 5.52. The van der Waals surface area contributed by atoms with Gasteiger partial charge in [-0.05, 0) is 23.3 Å². The molecule has 1 heterocycles. The van der Waals surface area contributed by atoms with Gasteiger partial charge in [0, 0.05) is 26.3 Å². The minimum Gasteiger partial charge on any atom is -0.493 e. The highest BCUT2D eigenvalue weighted by atomic mass is 16.5. The molecule has 1 aromatic carbocycles. The van der Waals surface area contributed by atoms with Crippen LogP contribution >= 0.6 is 0 Å². The molecule has 4 heteroatoms. The smallest absolute Gasteiger partial charge is 0.171 e. The Bertz CT molecular complexity index is 542. The van der Waals surface area contributed by atoms with E-state index < -0.39 is 0 Å². The van der Waals surface area contributed by atoms with Gasteiger partial charge in [0.05, 0.1) is 7.11 Å². The van der Waals surface area contributed by atoms with Crippen LogP contribution in [-0.4, -0.2) is 19.1 Å². The Balaban J connectivity index is 2.23. The van der Waals surface area contributed by atoms with Crippen molar-refractivity contribution < 1.29 is 4.74 Å². The van der Waals surface area contributed by atoms with E-state index in [-0.39, 0.29) is 0 Å². The molecule has 4 nitrogen and oxygen atoms in total. The van der Waals surface area contributed by atoms with Gasteiger partial charge in [-0.15, -0.1) is 0 Å². The first kappa shape index (κ1) is 13.4. The summed E-state index contributed by atoms with van der Waals surface area (Å²) >= 11 is 0. The predicted octanol–water partition coefficient (Wildman–Crippen LogP) is 2.19. The minimum atomic E-state index is 0.545. The molecule has 0 spiro atoms. The maximum Gasteiger partial charge on any atom is 0.171 e. The molecule has 2 N–H and O–H groups in total. The van der Waals surface area contributed by atoms with Crippen LogP contribution in [0.2, 0.25) is 0 Å². The van der Waals surface area contributed by atoms with E-state index in [1.165, 1.54) is 5.56 Å². The molecule has 0 saturated heterocycles. The van der Waals surface area contributed by atoms with Gasteiger partial charge in [-0.25, -0.2) is 4.98 Å². The zero-order valence-electron chi connectivity index (χ0n) is 11.3. The van der Waals surface area contributed by atoms with Gasteiger partial charge in [-0.1, -0.05) is 24.3 Å². The van der Waals surface area contributed by atoms with E-state index >= 15 is 0 Å². The quantitative estimate of drug-likeness (QED) is 0.892. The largest absolute Gasteiger partial charge is 0.493 e. The first-order valence-corrected chi connectivity index (χ1v) is 6.23. The Morgan fingerprint density at radius 3 is 2.58 bits per heavy atom. The number of hydrogen-bond acceptors (Lipinski definition) is 4. The van der Waals surface area contributed by atoms with Crippen molar-refractivity contribution in [3.8, 4) is 5.75 Å². The highest BCUT2D eigenvalue weighted by Crippen LogP contribution is 2.25. The van der Waals surface area contributed by atoms with E-state index in [1.807, 2.05) is 31.3 Å². The summed E-state index contributed by atoms with van der Waals surface area (Å²) in [5.41, 5.74) is 8.13. The monoisotopic (exact) mass is 257 g/mol. The molecule has 0 aliphatic rings. The zero-order chi connectivity index (χ0) is 13.7. The molecular weight excluding hydrogens is 238 g/mol. The van der Waals surface area contributed by atoms with Gasteiger partial charge < -0.3 is 15.4 Å². The Morgan fingerprint density at radius 1 is 1.16 bits per heavy atom. The molecule has 0 aliphatic heterocycles. The maximum atomic E-state index is 5.76. The lowest BCUT2D eigenvalue weighted by Crippen LogP contribution is -2.19. The van der Waals surface area contributed by atoms with Crippen molar-refractivity contribution in [2.45, 2.75) is 13.1 Å². The number of anilines is 1. The molecule has 0 saturated carbocycles. The molecule has 2 aromatic rings. The van der Waals surface area contributed by atoms with Crippen LogP contribution in [0, 0.1) is 0 Å². The Labute approximate surface area is 113 Å². The first-order chi connectivity index (χ1) is 9.26. The van der Waals surface area contributed by atoms with E-state index in [2.05, 4.69) is 22.0 Å². The molecule has 1 aromatic heterocycles. The number of pyridine rings is 1. The number of aromatic nitrogens is 1. The van der Waals surface area contributed by atoms with Crippen LogP contribution in [0.1, 0.15) is 11.1 Å². The average molecular weight is 257 g/mol. The average Bonchev–Trinajstić information content (AvgIpc) is 2.47. The molecule has 0 aliphatic carbocycles. The fourth-order valence-electron chi connectivity index (χ4n) is 2.07. The predicted molar refractivity (Wildman–Crippen MR) is 77.2 cm³/mol. The summed E-state index contributed by atoms with van der Waals surface area (Å²) in [7, 11) is 3.65. The van der Waals surface area contributed by atoms with E-state index in [0.29, 0.717) is 6.54 Å². The molecule has 0 atom stereocenters. The van der Waals surface area contributed by atoms with Crippen LogP contribution in [0.3, 0.4) is 0 Å². The number of hydrogen-bond donors (Lipinski definition) is 1. The Hall–Kier alpha value is -2.07. The van der Waals surface area contributed by atoms with Gasteiger partial charge >= 0.3 is 0 Å². The summed E-state index contributed by atoms with van der Waals surface area (Å²) in [5, 5.41) is 0. The van der Waals surface area contributed by atoms with E-state index in [4.69, 9.17) is 10.5 Å². The molecular formula is C15H19N3O. The zero-order valence-corrected chi connectivity index (χ0v) is 11.3. The van der Waals surface area contributed by atoms with Gasteiger partial charge in [0.15, 0.2) is 11.6 Å². The number of ether oxygens (including phenoxy) is 1. The highest BCUT2D eigenvalue weighted by Gasteiger charge is 2.10. The lowest BCUT2D eigenvalue weighted by molar-refractivity contribution is 0.413. The van der Waals surface area contributed by atoms with Crippen molar-refractivity contribution in [2.75, 3.05) is 19.1 Å². The molecule has 19 heavy (non-hydrogen) atoms. The van der Waals surface area contributed by atoms with Crippen LogP contribution in [-0.2, 0) is 13.1 Å². The molecule has 0 radical (unpaired) electrons. The Kier molecular flexibility index (Phi) is 4.36. The van der Waals surface area contributed by atoms with Crippen molar-refractivity contribution in [1.82, 2.24) is 4.98 Å². The summed E-state index contributed by atoms with van der Waals surface area (Å²) in [5.74, 6) is 1.60. The number of rotatable bonds is 5. The molecule has 0 unspecified atom stereocenters. The van der Waals surface area contributed by atoms with Crippen LogP contribution < -0.4 is 15.4 Å². The van der Waals surface area contributed by atoms with Crippen molar-refractivity contribution in [1.29, 1.82) is 0 Å². The summed E-state index contributed by atoms with van der Waals surface area (Å²) < 4.78 is 5.33. The summed E-state index contributed by atoms with van der Waals surface area (Å²) in [4.78, 5) is 6.43. The van der Waals surface area contributed by atoms with E-state index in [0.717, 1.165) is 23.7 Å². The topological polar surface area (TPSA) is 51.4 Å². The van der Waals surface area contributed by atoms with Crippen LogP contribution in [0.5, 0.6) is 5.75 Å². The summed E-state index contributed by atoms with van der Waals surface area (Å²) in [6.07, 6.45) is 1.77. The third-order valence-electron chi connectivity index (χ3n) is 3.08. The van der Waals surface area contributed by atoms with E-state index in [1.54, 1.807) is 13.3 Å².